The molecule has 1 aliphatic heterocycles. The summed E-state index contributed by atoms with van der Waals surface area (Å²) in [6, 6.07) is 1.27. The van der Waals surface area contributed by atoms with Crippen LogP contribution in [-0.2, 0) is 0 Å². The molecule has 0 amide bonds. The van der Waals surface area contributed by atoms with E-state index in [0.717, 1.165) is 19.1 Å². The van der Waals surface area contributed by atoms with E-state index in [2.05, 4.69) is 39.9 Å². The third-order valence-corrected chi connectivity index (χ3v) is 4.60. The number of nitrogens with zero attached hydrogens (tertiary/aromatic N) is 3. The van der Waals surface area contributed by atoms with E-state index in [4.69, 9.17) is 0 Å². The average Bonchev–Trinajstić information content (AvgIpc) is 3.15. The summed E-state index contributed by atoms with van der Waals surface area (Å²) in [6.45, 7) is 5.59. The number of hydrogen-bond acceptors (Lipinski definition) is 3. The van der Waals surface area contributed by atoms with Gasteiger partial charge in [-0.2, -0.15) is 0 Å². The van der Waals surface area contributed by atoms with Gasteiger partial charge in [-0.3, -0.25) is 4.90 Å². The molecule has 0 spiro atoms. The van der Waals surface area contributed by atoms with E-state index < -0.39 is 0 Å². The molecule has 2 atom stereocenters. The molecule has 3 rings (SSSR count). The van der Waals surface area contributed by atoms with E-state index in [0.29, 0.717) is 12.0 Å². The van der Waals surface area contributed by atoms with Crippen molar-refractivity contribution in [3.63, 3.8) is 0 Å². The molecule has 1 aliphatic carbocycles. The zero-order valence-electron chi connectivity index (χ0n) is 12.2. The molecule has 4 nitrogen and oxygen atoms in total. The normalized spacial score (nSPS) is 28.7. The Hall–Kier alpha value is -0.870. The molecule has 0 aromatic carbocycles. The van der Waals surface area contributed by atoms with E-state index in [-0.39, 0.29) is 0 Å². The standard InChI is InChI=1S/C15H26N4/c1-3-16-9-12-5-4-8-18(2)15(12)14-10-17-11-19(14)13-6-7-13/h10-13,15-16H,3-9H2,1-2H3. The molecule has 106 valence electrons. The Bertz CT molecular complexity index is 410. The lowest BCUT2D eigenvalue weighted by Crippen LogP contribution is -2.41. The first kappa shape index (κ1) is 13.1. The van der Waals surface area contributed by atoms with Crippen molar-refractivity contribution < 1.29 is 0 Å². The molecule has 0 radical (unpaired) electrons. The Morgan fingerprint density at radius 3 is 2.95 bits per heavy atom. The second-order valence-corrected chi connectivity index (χ2v) is 6.09. The summed E-state index contributed by atoms with van der Waals surface area (Å²) < 4.78 is 2.44. The van der Waals surface area contributed by atoms with Crippen molar-refractivity contribution in [2.45, 2.75) is 44.7 Å². The van der Waals surface area contributed by atoms with E-state index in [1.54, 1.807) is 0 Å². The number of rotatable bonds is 5. The van der Waals surface area contributed by atoms with E-state index >= 15 is 0 Å². The van der Waals surface area contributed by atoms with Crippen LogP contribution in [0.25, 0.3) is 0 Å². The van der Waals surface area contributed by atoms with Crippen LogP contribution in [0, 0.1) is 5.92 Å². The number of hydrogen-bond donors (Lipinski definition) is 1. The van der Waals surface area contributed by atoms with Gasteiger partial charge in [-0.25, -0.2) is 4.98 Å². The van der Waals surface area contributed by atoms with Gasteiger partial charge in [-0.1, -0.05) is 6.92 Å². The minimum absolute atomic E-state index is 0.538. The highest BCUT2D eigenvalue weighted by molar-refractivity contribution is 5.12. The third kappa shape index (κ3) is 2.70. The number of piperidine rings is 1. The highest BCUT2D eigenvalue weighted by atomic mass is 15.2. The zero-order valence-corrected chi connectivity index (χ0v) is 12.2. The molecule has 2 aliphatic rings. The van der Waals surface area contributed by atoms with Crippen LogP contribution in [0.4, 0.5) is 0 Å². The van der Waals surface area contributed by atoms with Crippen molar-refractivity contribution in [1.29, 1.82) is 0 Å². The molecule has 2 fully saturated rings. The Balaban J connectivity index is 1.82. The van der Waals surface area contributed by atoms with E-state index in [1.165, 1.54) is 37.9 Å². The summed E-state index contributed by atoms with van der Waals surface area (Å²) >= 11 is 0. The number of imidazole rings is 1. The fraction of sp³-hybridized carbons (Fsp3) is 0.800. The van der Waals surface area contributed by atoms with Gasteiger partial charge in [0, 0.05) is 12.2 Å². The zero-order chi connectivity index (χ0) is 13.2. The maximum atomic E-state index is 4.42. The molecule has 0 bridgehead atoms. The number of aromatic nitrogens is 2. The fourth-order valence-electron chi connectivity index (χ4n) is 3.47. The van der Waals surface area contributed by atoms with Crippen molar-refractivity contribution in [3.05, 3.63) is 18.2 Å². The van der Waals surface area contributed by atoms with E-state index in [9.17, 15) is 0 Å². The topological polar surface area (TPSA) is 33.1 Å². The maximum absolute atomic E-state index is 4.42. The first-order chi connectivity index (χ1) is 9.31. The highest BCUT2D eigenvalue weighted by Crippen LogP contribution is 2.41. The minimum Gasteiger partial charge on any atom is -0.330 e. The van der Waals surface area contributed by atoms with Gasteiger partial charge >= 0.3 is 0 Å². The van der Waals surface area contributed by atoms with Gasteiger partial charge in [-0.05, 0) is 58.3 Å². The van der Waals surface area contributed by atoms with Crippen LogP contribution in [0.15, 0.2) is 12.5 Å². The Morgan fingerprint density at radius 2 is 2.21 bits per heavy atom. The molecular weight excluding hydrogens is 236 g/mol. The summed E-state index contributed by atoms with van der Waals surface area (Å²) in [5, 5.41) is 3.54. The van der Waals surface area contributed by atoms with E-state index in [1.807, 2.05) is 6.33 Å². The van der Waals surface area contributed by atoms with Crippen LogP contribution in [0.3, 0.4) is 0 Å². The molecule has 1 saturated carbocycles. The Kier molecular flexibility index (Phi) is 3.89. The molecule has 1 saturated heterocycles. The van der Waals surface area contributed by atoms with Crippen molar-refractivity contribution in [2.75, 3.05) is 26.7 Å². The largest absolute Gasteiger partial charge is 0.330 e. The number of likely N-dealkylation sites (tertiary alicyclic amines) is 1. The molecule has 4 heteroatoms. The molecule has 2 heterocycles. The monoisotopic (exact) mass is 262 g/mol. The van der Waals surface area contributed by atoms with Crippen molar-refractivity contribution in [3.8, 4) is 0 Å². The van der Waals surface area contributed by atoms with Crippen molar-refractivity contribution in [1.82, 2.24) is 19.8 Å². The fourth-order valence-corrected chi connectivity index (χ4v) is 3.47. The average molecular weight is 262 g/mol. The molecule has 1 aromatic heterocycles. The van der Waals surface area contributed by atoms with Crippen LogP contribution < -0.4 is 5.32 Å². The van der Waals surface area contributed by atoms with Gasteiger partial charge in [0.25, 0.3) is 0 Å². The lowest BCUT2D eigenvalue weighted by atomic mass is 9.87. The molecule has 19 heavy (non-hydrogen) atoms. The number of nitrogens with one attached hydrogen (secondary N) is 1. The first-order valence-electron chi connectivity index (χ1n) is 7.74. The van der Waals surface area contributed by atoms with Gasteiger partial charge in [0.1, 0.15) is 0 Å². The Labute approximate surface area is 116 Å². The summed E-state index contributed by atoms with van der Waals surface area (Å²) in [6.07, 6.45) is 9.46. The summed E-state index contributed by atoms with van der Waals surface area (Å²) in [5.41, 5.74) is 1.44. The highest BCUT2D eigenvalue weighted by Gasteiger charge is 2.35. The third-order valence-electron chi connectivity index (χ3n) is 4.60. The smallest absolute Gasteiger partial charge is 0.0951 e. The first-order valence-corrected chi connectivity index (χ1v) is 7.74. The quantitative estimate of drug-likeness (QED) is 0.883. The van der Waals surface area contributed by atoms with Gasteiger partial charge < -0.3 is 9.88 Å². The molecular formula is C15H26N4. The SMILES string of the molecule is CCNCC1CCCN(C)C1c1cncn1C1CC1. The van der Waals surface area contributed by atoms with Gasteiger partial charge in [0.2, 0.25) is 0 Å². The summed E-state index contributed by atoms with van der Waals surface area (Å²) in [5.74, 6) is 0.716. The van der Waals surface area contributed by atoms with Crippen LogP contribution >= 0.6 is 0 Å². The van der Waals surface area contributed by atoms with Crippen LogP contribution in [0.1, 0.15) is 50.4 Å². The summed E-state index contributed by atoms with van der Waals surface area (Å²) in [7, 11) is 2.27. The predicted molar refractivity (Wildman–Crippen MR) is 77.1 cm³/mol. The molecule has 1 N–H and O–H groups in total. The minimum atomic E-state index is 0.538. The second kappa shape index (κ2) is 5.63. The van der Waals surface area contributed by atoms with Gasteiger partial charge in [0.05, 0.1) is 18.1 Å². The molecule has 1 aromatic rings. The lowest BCUT2D eigenvalue weighted by molar-refractivity contribution is 0.113. The van der Waals surface area contributed by atoms with Gasteiger partial charge in [0.15, 0.2) is 0 Å². The van der Waals surface area contributed by atoms with Crippen LogP contribution in [0.2, 0.25) is 0 Å². The van der Waals surface area contributed by atoms with Crippen molar-refractivity contribution in [2.24, 2.45) is 5.92 Å². The van der Waals surface area contributed by atoms with Crippen LogP contribution in [-0.4, -0.2) is 41.1 Å². The molecule has 2 unspecified atom stereocenters. The maximum Gasteiger partial charge on any atom is 0.0951 e. The predicted octanol–water partition coefficient (Wildman–Crippen LogP) is 2.21. The Morgan fingerprint density at radius 1 is 1.37 bits per heavy atom. The second-order valence-electron chi connectivity index (χ2n) is 6.09. The van der Waals surface area contributed by atoms with Crippen molar-refractivity contribution >= 4 is 0 Å². The van der Waals surface area contributed by atoms with Crippen LogP contribution in [0.5, 0.6) is 0 Å². The summed E-state index contributed by atoms with van der Waals surface area (Å²) in [4.78, 5) is 6.95. The van der Waals surface area contributed by atoms with Gasteiger partial charge in [-0.15, -0.1) is 0 Å². The lowest BCUT2D eigenvalue weighted by Gasteiger charge is -2.39.